The molecule has 7 heteroatoms. The molecule has 1 aliphatic rings. The van der Waals surface area contributed by atoms with Gasteiger partial charge >= 0.3 is 0 Å². The number of nitrogens with zero attached hydrogens (tertiary/aromatic N) is 2. The van der Waals surface area contributed by atoms with Crippen LogP contribution in [0.5, 0.6) is 11.5 Å². The van der Waals surface area contributed by atoms with Gasteiger partial charge in [-0.3, -0.25) is 0 Å². The molecule has 0 aliphatic carbocycles. The zero-order valence-electron chi connectivity index (χ0n) is 12.0. The molecule has 2 aromatic rings. The van der Waals surface area contributed by atoms with Crippen molar-refractivity contribution >= 4 is 5.82 Å². The van der Waals surface area contributed by atoms with Gasteiger partial charge in [0.2, 0.25) is 6.79 Å². The standard InChI is InChI=1S/C12H16O3.C2H4N4/c1-2-3-10(13)6-9-4-5-11-12(7-9)15-8-14-11;3-2-1-4-6-5-2/h4-5,7,10,13H,2-3,6,8H2,1H3;1H,(H3,3,4,5,6). The lowest BCUT2D eigenvalue weighted by molar-refractivity contribution is 0.163. The fourth-order valence-corrected chi connectivity index (χ4v) is 1.99. The number of nitrogens with one attached hydrogen (secondary N) is 1. The van der Waals surface area contributed by atoms with Crippen molar-refractivity contribution in [2.45, 2.75) is 32.3 Å². The summed E-state index contributed by atoms with van der Waals surface area (Å²) in [5.74, 6) is 2.01. The van der Waals surface area contributed by atoms with Gasteiger partial charge in [0.15, 0.2) is 17.3 Å². The monoisotopic (exact) mass is 292 g/mol. The van der Waals surface area contributed by atoms with Crippen LogP contribution in [0.4, 0.5) is 5.82 Å². The zero-order valence-corrected chi connectivity index (χ0v) is 12.0. The predicted molar refractivity (Wildman–Crippen MR) is 78.0 cm³/mol. The summed E-state index contributed by atoms with van der Waals surface area (Å²) in [6.07, 6.45) is 3.72. The first-order chi connectivity index (χ1) is 10.2. The molecule has 1 aromatic carbocycles. The lowest BCUT2D eigenvalue weighted by atomic mass is 10.0. The van der Waals surface area contributed by atoms with Gasteiger partial charge in [0.25, 0.3) is 0 Å². The molecule has 0 bridgehead atoms. The van der Waals surface area contributed by atoms with Crippen LogP contribution in [-0.4, -0.2) is 33.4 Å². The molecule has 0 saturated heterocycles. The first kappa shape index (κ1) is 15.1. The maximum Gasteiger partial charge on any atom is 0.231 e. The Kier molecular flexibility index (Phi) is 5.39. The molecule has 7 nitrogen and oxygen atoms in total. The van der Waals surface area contributed by atoms with Crippen LogP contribution in [0.2, 0.25) is 0 Å². The van der Waals surface area contributed by atoms with Gasteiger partial charge in [-0.15, -0.1) is 5.10 Å². The maximum atomic E-state index is 9.68. The summed E-state index contributed by atoms with van der Waals surface area (Å²) in [5, 5.41) is 18.9. The Morgan fingerprint density at radius 2 is 2.19 bits per heavy atom. The van der Waals surface area contributed by atoms with E-state index < -0.39 is 0 Å². The summed E-state index contributed by atoms with van der Waals surface area (Å²) in [4.78, 5) is 0. The van der Waals surface area contributed by atoms with Gasteiger partial charge in [-0.1, -0.05) is 19.4 Å². The van der Waals surface area contributed by atoms with Gasteiger partial charge < -0.3 is 20.3 Å². The summed E-state index contributed by atoms with van der Waals surface area (Å²) in [5.41, 5.74) is 6.17. The summed E-state index contributed by atoms with van der Waals surface area (Å²) in [6.45, 7) is 2.37. The quantitative estimate of drug-likeness (QED) is 0.788. The second-order valence-corrected chi connectivity index (χ2v) is 4.73. The number of hydrogen-bond acceptors (Lipinski definition) is 6. The van der Waals surface area contributed by atoms with E-state index >= 15 is 0 Å². The van der Waals surface area contributed by atoms with Crippen molar-refractivity contribution in [1.82, 2.24) is 15.4 Å². The minimum absolute atomic E-state index is 0.254. The summed E-state index contributed by atoms with van der Waals surface area (Å²) < 4.78 is 10.5. The van der Waals surface area contributed by atoms with Crippen molar-refractivity contribution in [3.63, 3.8) is 0 Å². The number of anilines is 1. The second kappa shape index (κ2) is 7.49. The zero-order chi connectivity index (χ0) is 15.1. The Hall–Kier alpha value is -2.28. The van der Waals surface area contributed by atoms with Crippen molar-refractivity contribution in [3.8, 4) is 11.5 Å². The minimum atomic E-state index is -0.254. The third-order valence-electron chi connectivity index (χ3n) is 2.96. The van der Waals surface area contributed by atoms with Gasteiger partial charge in [0, 0.05) is 0 Å². The molecule has 1 aliphatic heterocycles. The number of ether oxygens (including phenoxy) is 2. The Labute approximate surface area is 123 Å². The number of nitrogens with two attached hydrogens (primary N) is 1. The average Bonchev–Trinajstić information content (AvgIpc) is 3.10. The van der Waals surface area contributed by atoms with Gasteiger partial charge in [-0.25, -0.2) is 0 Å². The number of aliphatic hydroxyl groups excluding tert-OH is 1. The second-order valence-electron chi connectivity index (χ2n) is 4.73. The molecule has 0 saturated carbocycles. The first-order valence-electron chi connectivity index (χ1n) is 6.87. The fourth-order valence-electron chi connectivity index (χ4n) is 1.99. The highest BCUT2D eigenvalue weighted by Gasteiger charge is 2.14. The Balaban J connectivity index is 0.000000225. The Bertz CT molecular complexity index is 545. The Morgan fingerprint density at radius 3 is 2.81 bits per heavy atom. The maximum absolute atomic E-state index is 9.68. The average molecular weight is 292 g/mol. The highest BCUT2D eigenvalue weighted by molar-refractivity contribution is 5.44. The number of benzene rings is 1. The number of hydrogen-bond donors (Lipinski definition) is 3. The molecule has 0 radical (unpaired) electrons. The van der Waals surface area contributed by atoms with Crippen LogP contribution < -0.4 is 15.2 Å². The lowest BCUT2D eigenvalue weighted by Gasteiger charge is -2.09. The van der Waals surface area contributed by atoms with Crippen LogP contribution in [0.1, 0.15) is 25.3 Å². The van der Waals surface area contributed by atoms with Crippen LogP contribution in [0.25, 0.3) is 0 Å². The first-order valence-corrected chi connectivity index (χ1v) is 6.87. The van der Waals surface area contributed by atoms with Crippen molar-refractivity contribution in [1.29, 1.82) is 0 Å². The number of aliphatic hydroxyl groups is 1. The molecular weight excluding hydrogens is 272 g/mol. The molecule has 0 fully saturated rings. The van der Waals surface area contributed by atoms with E-state index in [9.17, 15) is 5.11 Å². The number of aromatic nitrogens is 3. The van der Waals surface area contributed by atoms with Crippen molar-refractivity contribution in [3.05, 3.63) is 30.0 Å². The smallest absolute Gasteiger partial charge is 0.231 e. The molecule has 1 aromatic heterocycles. The molecule has 0 amide bonds. The van der Waals surface area contributed by atoms with Crippen LogP contribution in [0.15, 0.2) is 24.4 Å². The van der Waals surface area contributed by atoms with Gasteiger partial charge in [0.05, 0.1) is 12.3 Å². The number of fused-ring (bicyclic) bond motifs is 1. The number of H-pyrrole nitrogens is 1. The van der Waals surface area contributed by atoms with E-state index in [1.165, 1.54) is 6.20 Å². The van der Waals surface area contributed by atoms with Crippen LogP contribution >= 0.6 is 0 Å². The van der Waals surface area contributed by atoms with E-state index in [1.807, 2.05) is 18.2 Å². The summed E-state index contributed by atoms with van der Waals surface area (Å²) >= 11 is 0. The largest absolute Gasteiger partial charge is 0.454 e. The van der Waals surface area contributed by atoms with Crippen molar-refractivity contribution in [2.75, 3.05) is 12.5 Å². The number of aromatic amines is 1. The lowest BCUT2D eigenvalue weighted by Crippen LogP contribution is -2.09. The van der Waals surface area contributed by atoms with Gasteiger partial charge in [0.1, 0.15) is 0 Å². The molecule has 21 heavy (non-hydrogen) atoms. The van der Waals surface area contributed by atoms with Crippen LogP contribution in [0.3, 0.4) is 0 Å². The predicted octanol–water partition coefficient (Wildman–Crippen LogP) is 1.51. The molecule has 0 spiro atoms. The van der Waals surface area contributed by atoms with Crippen molar-refractivity contribution < 1.29 is 14.6 Å². The van der Waals surface area contributed by atoms with E-state index in [0.29, 0.717) is 19.0 Å². The third kappa shape index (κ3) is 4.64. The molecule has 4 N–H and O–H groups in total. The van der Waals surface area contributed by atoms with Crippen molar-refractivity contribution in [2.24, 2.45) is 0 Å². The number of rotatable bonds is 4. The van der Waals surface area contributed by atoms with E-state index in [-0.39, 0.29) is 6.10 Å². The topological polar surface area (TPSA) is 106 Å². The Morgan fingerprint density at radius 1 is 1.38 bits per heavy atom. The van der Waals surface area contributed by atoms with Crippen LogP contribution in [-0.2, 0) is 6.42 Å². The van der Waals surface area contributed by atoms with E-state index in [4.69, 9.17) is 15.2 Å². The molecule has 1 atom stereocenters. The molecule has 2 heterocycles. The normalized spacial score (nSPS) is 13.4. The number of nitrogen functional groups attached to an aromatic ring is 1. The molecule has 1 unspecified atom stereocenters. The fraction of sp³-hybridized carbons (Fsp3) is 0.429. The van der Waals surface area contributed by atoms with Crippen LogP contribution in [0, 0.1) is 0 Å². The minimum Gasteiger partial charge on any atom is -0.454 e. The summed E-state index contributed by atoms with van der Waals surface area (Å²) in [6, 6.07) is 5.82. The SMILES string of the molecule is CCCC(O)Cc1ccc2c(c1)OCO2.Nc1cn[nH]n1. The van der Waals surface area contributed by atoms with Gasteiger partial charge in [-0.05, 0) is 30.5 Å². The summed E-state index contributed by atoms with van der Waals surface area (Å²) in [7, 11) is 0. The van der Waals surface area contributed by atoms with E-state index in [0.717, 1.165) is 29.9 Å². The van der Waals surface area contributed by atoms with E-state index in [1.54, 1.807) is 0 Å². The molecule has 114 valence electrons. The molecule has 3 rings (SSSR count). The third-order valence-corrected chi connectivity index (χ3v) is 2.96. The molecular formula is C14H20N4O3. The highest BCUT2D eigenvalue weighted by atomic mass is 16.7. The van der Waals surface area contributed by atoms with Gasteiger partial charge in [-0.2, -0.15) is 10.3 Å². The van der Waals surface area contributed by atoms with E-state index in [2.05, 4.69) is 22.3 Å². The highest BCUT2D eigenvalue weighted by Crippen LogP contribution is 2.32.